The van der Waals surface area contributed by atoms with Crippen molar-refractivity contribution in [1.82, 2.24) is 9.80 Å². The maximum Gasteiger partial charge on any atom is 0.321 e. The van der Waals surface area contributed by atoms with E-state index in [-0.39, 0.29) is 11.8 Å². The first kappa shape index (κ1) is 17.9. The van der Waals surface area contributed by atoms with E-state index in [9.17, 15) is 9.59 Å². The van der Waals surface area contributed by atoms with Gasteiger partial charge in [0.25, 0.3) is 0 Å². The van der Waals surface area contributed by atoms with Gasteiger partial charge in [0.2, 0.25) is 0 Å². The van der Waals surface area contributed by atoms with E-state index in [0.717, 1.165) is 26.2 Å². The van der Waals surface area contributed by atoms with Gasteiger partial charge in [-0.05, 0) is 31.9 Å². The van der Waals surface area contributed by atoms with Gasteiger partial charge in [-0.1, -0.05) is 37.8 Å². The molecule has 1 aliphatic carbocycles. The number of carbonyl (C=O) groups is 2. The Morgan fingerprint density at radius 3 is 2.32 bits per heavy atom. The van der Waals surface area contributed by atoms with E-state index < -0.39 is 0 Å². The average molecular weight is 343 g/mol. The van der Waals surface area contributed by atoms with Crippen molar-refractivity contribution in [2.24, 2.45) is 0 Å². The van der Waals surface area contributed by atoms with Crippen LogP contribution in [0, 0.1) is 0 Å². The molecule has 1 aromatic rings. The molecular weight excluding hydrogens is 314 g/mol. The number of Topliss-reactive ketones (excluding diaryl/α,β-unsaturated/α-hetero) is 1. The summed E-state index contributed by atoms with van der Waals surface area (Å²) >= 11 is 0. The fourth-order valence-corrected chi connectivity index (χ4v) is 3.93. The molecule has 0 aromatic heterocycles. The maximum absolute atomic E-state index is 12.5. The lowest BCUT2D eigenvalue weighted by Gasteiger charge is -2.39. The minimum absolute atomic E-state index is 0.00751. The lowest BCUT2D eigenvalue weighted by atomic mass is 10.1. The number of ketones is 1. The topological polar surface area (TPSA) is 52.7 Å². The highest BCUT2D eigenvalue weighted by atomic mass is 16.2. The molecule has 1 heterocycles. The summed E-state index contributed by atoms with van der Waals surface area (Å²) in [6, 6.07) is 7.77. The highest BCUT2D eigenvalue weighted by Crippen LogP contribution is 2.23. The third kappa shape index (κ3) is 4.82. The van der Waals surface area contributed by atoms with Crippen LogP contribution in [0.2, 0.25) is 0 Å². The van der Waals surface area contributed by atoms with Crippen LogP contribution < -0.4 is 5.32 Å². The molecule has 1 saturated heterocycles. The van der Waals surface area contributed by atoms with Crippen molar-refractivity contribution in [3.8, 4) is 0 Å². The van der Waals surface area contributed by atoms with E-state index in [2.05, 4.69) is 10.2 Å². The molecule has 1 N–H and O–H groups in total. The van der Waals surface area contributed by atoms with Crippen molar-refractivity contribution >= 4 is 17.5 Å². The number of carbonyl (C=O) groups excluding carboxylic acids is 2. The summed E-state index contributed by atoms with van der Waals surface area (Å²) in [5.41, 5.74) is 1.31. The van der Waals surface area contributed by atoms with Crippen molar-refractivity contribution in [2.75, 3.05) is 31.5 Å². The van der Waals surface area contributed by atoms with E-state index in [0.29, 0.717) is 17.3 Å². The summed E-state index contributed by atoms with van der Waals surface area (Å²) in [4.78, 5) is 28.4. The van der Waals surface area contributed by atoms with Crippen LogP contribution in [0.5, 0.6) is 0 Å². The molecule has 2 aliphatic rings. The fourth-order valence-electron chi connectivity index (χ4n) is 3.93. The lowest BCUT2D eigenvalue weighted by Crippen LogP contribution is -2.52. The molecule has 5 heteroatoms. The molecular formula is C20H29N3O2. The number of nitrogens with zero attached hydrogens (tertiary/aromatic N) is 2. The Kier molecular flexibility index (Phi) is 6.08. The van der Waals surface area contributed by atoms with Gasteiger partial charge in [0.15, 0.2) is 5.78 Å². The summed E-state index contributed by atoms with van der Waals surface area (Å²) < 4.78 is 0. The van der Waals surface area contributed by atoms with Gasteiger partial charge in [-0.2, -0.15) is 0 Å². The second-order valence-electron chi connectivity index (χ2n) is 7.24. The van der Waals surface area contributed by atoms with Crippen molar-refractivity contribution in [3.63, 3.8) is 0 Å². The highest BCUT2D eigenvalue weighted by Gasteiger charge is 2.26. The molecule has 0 radical (unpaired) electrons. The number of nitrogens with one attached hydrogen (secondary N) is 1. The first-order valence-electron chi connectivity index (χ1n) is 9.54. The summed E-state index contributed by atoms with van der Waals surface area (Å²) in [5, 5.41) is 2.93. The Balaban J connectivity index is 1.51. The maximum atomic E-state index is 12.5. The van der Waals surface area contributed by atoms with E-state index in [1.54, 1.807) is 18.2 Å². The van der Waals surface area contributed by atoms with Crippen LogP contribution in [0.3, 0.4) is 0 Å². The molecule has 0 spiro atoms. The molecule has 1 saturated carbocycles. The highest BCUT2D eigenvalue weighted by molar-refractivity contribution is 5.96. The smallest absolute Gasteiger partial charge is 0.321 e. The Morgan fingerprint density at radius 1 is 1.00 bits per heavy atom. The molecule has 0 atom stereocenters. The second-order valence-corrected chi connectivity index (χ2v) is 7.24. The molecule has 25 heavy (non-hydrogen) atoms. The predicted octanol–water partition coefficient (Wildman–Crippen LogP) is 3.76. The van der Waals surface area contributed by atoms with Crippen LogP contribution in [-0.4, -0.2) is 53.8 Å². The molecule has 0 unspecified atom stereocenters. The van der Waals surface area contributed by atoms with Gasteiger partial charge in [0.1, 0.15) is 0 Å². The van der Waals surface area contributed by atoms with Gasteiger partial charge in [0.05, 0.1) is 0 Å². The molecule has 136 valence electrons. The summed E-state index contributed by atoms with van der Waals surface area (Å²) in [5.74, 6) is 0.00751. The van der Waals surface area contributed by atoms with E-state index >= 15 is 0 Å². The van der Waals surface area contributed by atoms with Gasteiger partial charge in [-0.15, -0.1) is 0 Å². The zero-order valence-electron chi connectivity index (χ0n) is 15.2. The van der Waals surface area contributed by atoms with Crippen LogP contribution in [-0.2, 0) is 0 Å². The summed E-state index contributed by atoms with van der Waals surface area (Å²) in [6.07, 6.45) is 8.06. The molecule has 1 aromatic carbocycles. The molecule has 3 rings (SSSR count). The van der Waals surface area contributed by atoms with E-state index in [1.807, 2.05) is 11.0 Å². The van der Waals surface area contributed by atoms with Crippen LogP contribution in [0.15, 0.2) is 24.3 Å². The minimum Gasteiger partial charge on any atom is -0.322 e. The predicted molar refractivity (Wildman–Crippen MR) is 100 cm³/mol. The lowest BCUT2D eigenvalue weighted by molar-refractivity contribution is 0.101. The van der Waals surface area contributed by atoms with Crippen molar-refractivity contribution in [2.45, 2.75) is 51.5 Å². The Labute approximate surface area is 150 Å². The molecule has 2 amide bonds. The number of anilines is 1. The number of piperazine rings is 1. The Hall–Kier alpha value is -1.88. The van der Waals surface area contributed by atoms with E-state index in [4.69, 9.17) is 0 Å². The van der Waals surface area contributed by atoms with Gasteiger partial charge in [-0.3, -0.25) is 9.69 Å². The molecule has 2 fully saturated rings. The quantitative estimate of drug-likeness (QED) is 0.671. The summed E-state index contributed by atoms with van der Waals surface area (Å²) in [7, 11) is 0. The van der Waals surface area contributed by atoms with E-state index in [1.165, 1.54) is 45.4 Å². The first-order chi connectivity index (χ1) is 12.1. The number of benzene rings is 1. The molecule has 1 aliphatic heterocycles. The Bertz CT molecular complexity index is 601. The van der Waals surface area contributed by atoms with Crippen LogP contribution in [0.4, 0.5) is 10.5 Å². The molecule has 0 bridgehead atoms. The average Bonchev–Trinajstić information content (AvgIpc) is 2.91. The minimum atomic E-state index is -0.0683. The number of hydrogen-bond donors (Lipinski definition) is 1. The van der Waals surface area contributed by atoms with Crippen LogP contribution >= 0.6 is 0 Å². The number of amides is 2. The normalized spacial score (nSPS) is 20.1. The number of rotatable bonds is 3. The van der Waals surface area contributed by atoms with Gasteiger partial charge in [0, 0.05) is 43.5 Å². The third-order valence-corrected chi connectivity index (χ3v) is 5.46. The Morgan fingerprint density at radius 2 is 1.68 bits per heavy atom. The SMILES string of the molecule is CC(=O)c1cccc(NC(=O)N2CCN(C3CCCCCC3)CC2)c1. The van der Waals surface area contributed by atoms with Gasteiger partial charge < -0.3 is 10.2 Å². The van der Waals surface area contributed by atoms with Gasteiger partial charge >= 0.3 is 6.03 Å². The first-order valence-corrected chi connectivity index (χ1v) is 9.54. The van der Waals surface area contributed by atoms with Crippen molar-refractivity contribution in [1.29, 1.82) is 0 Å². The second kappa shape index (κ2) is 8.48. The van der Waals surface area contributed by atoms with Crippen molar-refractivity contribution in [3.05, 3.63) is 29.8 Å². The largest absolute Gasteiger partial charge is 0.322 e. The number of urea groups is 1. The van der Waals surface area contributed by atoms with Crippen LogP contribution in [0.1, 0.15) is 55.8 Å². The zero-order valence-corrected chi connectivity index (χ0v) is 15.2. The van der Waals surface area contributed by atoms with Gasteiger partial charge in [-0.25, -0.2) is 4.79 Å². The standard InChI is InChI=1S/C20H29N3O2/c1-16(24)17-7-6-8-18(15-17)21-20(25)23-13-11-22(12-14-23)19-9-4-2-3-5-10-19/h6-8,15,19H,2-5,9-14H2,1H3,(H,21,25). The van der Waals surface area contributed by atoms with Crippen LogP contribution in [0.25, 0.3) is 0 Å². The summed E-state index contributed by atoms with van der Waals surface area (Å²) in [6.45, 7) is 5.01. The monoisotopic (exact) mass is 343 g/mol. The number of hydrogen-bond acceptors (Lipinski definition) is 3. The third-order valence-electron chi connectivity index (χ3n) is 5.46. The molecule has 5 nitrogen and oxygen atoms in total. The fraction of sp³-hybridized carbons (Fsp3) is 0.600. The van der Waals surface area contributed by atoms with Crippen molar-refractivity contribution < 1.29 is 9.59 Å². The zero-order chi connectivity index (χ0) is 17.6.